The number of aromatic nitrogens is 5. The molecule has 33 heavy (non-hydrogen) atoms. The monoisotopic (exact) mass is 460 g/mol. The summed E-state index contributed by atoms with van der Waals surface area (Å²) in [6, 6.07) is 6.08. The van der Waals surface area contributed by atoms with Gasteiger partial charge in [-0.25, -0.2) is 15.0 Å². The minimum absolute atomic E-state index is 0.143. The summed E-state index contributed by atoms with van der Waals surface area (Å²) in [5.41, 5.74) is 8.02. The zero-order valence-electron chi connectivity index (χ0n) is 20.4. The molecule has 0 saturated heterocycles. The lowest BCUT2D eigenvalue weighted by Crippen LogP contribution is -2.45. The molecule has 1 aliphatic rings. The summed E-state index contributed by atoms with van der Waals surface area (Å²) in [5, 5.41) is 0.143. The van der Waals surface area contributed by atoms with Crippen LogP contribution in [-0.4, -0.2) is 39.9 Å². The lowest BCUT2D eigenvalue weighted by atomic mass is 9.73. The molecular formula is C25H32N6OSi. The largest absolute Gasteiger partial charge is 0.410 e. The Labute approximate surface area is 198 Å². The Morgan fingerprint density at radius 3 is 2.48 bits per heavy atom. The number of aryl methyl sites for hydroxylation is 1. The molecule has 0 bridgehead atoms. The van der Waals surface area contributed by atoms with Crippen molar-refractivity contribution in [1.82, 2.24) is 24.5 Å². The topological polar surface area (TPSA) is 91.7 Å². The van der Waals surface area contributed by atoms with Gasteiger partial charge in [-0.3, -0.25) is 4.57 Å². The first-order chi connectivity index (χ1) is 15.5. The van der Waals surface area contributed by atoms with E-state index in [1.54, 1.807) is 0 Å². The molecule has 3 aromatic rings. The highest BCUT2D eigenvalue weighted by Gasteiger charge is 2.47. The molecule has 2 radical (unpaired) electrons. The number of fused-ring (bicyclic) bond motifs is 1. The Kier molecular flexibility index (Phi) is 6.06. The summed E-state index contributed by atoms with van der Waals surface area (Å²) < 4.78 is 8.40. The second kappa shape index (κ2) is 8.54. The maximum absolute atomic E-state index is 6.51. The van der Waals surface area contributed by atoms with Crippen LogP contribution in [0.3, 0.4) is 0 Å². The third kappa shape index (κ3) is 4.80. The van der Waals surface area contributed by atoms with E-state index in [1.807, 2.05) is 23.6 Å². The number of hydrogen-bond acceptors (Lipinski definition) is 6. The van der Waals surface area contributed by atoms with Gasteiger partial charge in [0.25, 0.3) is 0 Å². The average Bonchev–Trinajstić information content (AvgIpc) is 3.35. The molecule has 0 atom stereocenters. The highest BCUT2D eigenvalue weighted by Crippen LogP contribution is 2.48. The summed E-state index contributed by atoms with van der Waals surface area (Å²) in [4.78, 5) is 17.1. The van der Waals surface area contributed by atoms with Crippen molar-refractivity contribution >= 4 is 26.7 Å². The van der Waals surface area contributed by atoms with Crippen LogP contribution in [0.25, 0.3) is 17.0 Å². The van der Waals surface area contributed by atoms with Crippen molar-refractivity contribution in [2.45, 2.75) is 77.9 Å². The second-order valence-electron chi connectivity index (χ2n) is 10.3. The van der Waals surface area contributed by atoms with Crippen molar-refractivity contribution in [3.8, 4) is 17.8 Å². The summed E-state index contributed by atoms with van der Waals surface area (Å²) in [5.74, 6) is 8.56. The van der Waals surface area contributed by atoms with Gasteiger partial charge in [-0.05, 0) is 56.9 Å². The molecular weight excluding hydrogens is 428 g/mol. The Morgan fingerprint density at radius 1 is 1.09 bits per heavy atom. The predicted molar refractivity (Wildman–Crippen MR) is 132 cm³/mol. The predicted octanol–water partition coefficient (Wildman–Crippen LogP) is 4.65. The maximum atomic E-state index is 6.51. The number of nitrogens with two attached hydrogens (primary N) is 1. The highest BCUT2D eigenvalue weighted by atomic mass is 28.2. The van der Waals surface area contributed by atoms with E-state index in [0.29, 0.717) is 15.7 Å². The second-order valence-corrected chi connectivity index (χ2v) is 12.3. The third-order valence-electron chi connectivity index (χ3n) is 6.27. The van der Waals surface area contributed by atoms with Crippen LogP contribution in [0.4, 0.5) is 5.95 Å². The van der Waals surface area contributed by atoms with E-state index in [9.17, 15) is 0 Å². The number of rotatable bonds is 4. The van der Waals surface area contributed by atoms with Crippen LogP contribution in [0, 0.1) is 24.2 Å². The smallest absolute Gasteiger partial charge is 0.240 e. The minimum atomic E-state index is -0.312. The molecule has 172 valence electrons. The third-order valence-corrected chi connectivity index (χ3v) is 7.49. The molecule has 1 aromatic carbocycles. The van der Waals surface area contributed by atoms with Gasteiger partial charge in [-0.15, -0.1) is 0 Å². The molecule has 7 nitrogen and oxygen atoms in total. The van der Waals surface area contributed by atoms with E-state index in [-0.39, 0.29) is 22.0 Å². The zero-order chi connectivity index (χ0) is 23.9. The van der Waals surface area contributed by atoms with Crippen LogP contribution in [0.2, 0.25) is 5.04 Å². The summed E-state index contributed by atoms with van der Waals surface area (Å²) in [7, 11) is 0.434. The van der Waals surface area contributed by atoms with Crippen LogP contribution in [0.5, 0.6) is 0 Å². The fourth-order valence-electron chi connectivity index (χ4n) is 4.36. The Hall–Kier alpha value is -2.76. The van der Waals surface area contributed by atoms with Crippen molar-refractivity contribution in [1.29, 1.82) is 0 Å². The van der Waals surface area contributed by atoms with E-state index in [1.165, 1.54) is 19.2 Å². The molecule has 1 aliphatic carbocycles. The first-order valence-electron chi connectivity index (χ1n) is 11.4. The SMILES string of the molecule is Cc1nc2ccc(C#CC3(C(C)(C)O[Si]C(C)(C)C)CCCC3)cc2n1-c1ncnc(N)n1. The van der Waals surface area contributed by atoms with Gasteiger partial charge in [-0.2, -0.15) is 4.98 Å². The Morgan fingerprint density at radius 2 is 1.82 bits per heavy atom. The Bertz CT molecular complexity index is 1230. The first-order valence-corrected chi connectivity index (χ1v) is 12.3. The van der Waals surface area contributed by atoms with Gasteiger partial charge in [0, 0.05) is 5.56 Å². The molecule has 1 saturated carbocycles. The van der Waals surface area contributed by atoms with Crippen molar-refractivity contribution in [3.05, 3.63) is 35.9 Å². The van der Waals surface area contributed by atoms with Gasteiger partial charge in [0.2, 0.25) is 21.7 Å². The maximum Gasteiger partial charge on any atom is 0.240 e. The molecule has 0 unspecified atom stereocenters. The van der Waals surface area contributed by atoms with Crippen molar-refractivity contribution < 1.29 is 4.43 Å². The number of benzene rings is 1. The molecule has 0 spiro atoms. The molecule has 2 heterocycles. The summed E-state index contributed by atoms with van der Waals surface area (Å²) in [6.45, 7) is 13.0. The molecule has 0 amide bonds. The number of anilines is 1. The van der Waals surface area contributed by atoms with Gasteiger partial charge in [0.15, 0.2) is 0 Å². The van der Waals surface area contributed by atoms with Gasteiger partial charge in [0.05, 0.1) is 22.0 Å². The molecule has 1 fully saturated rings. The fourth-order valence-corrected chi connectivity index (χ4v) is 5.12. The van der Waals surface area contributed by atoms with E-state index in [4.69, 9.17) is 10.2 Å². The van der Waals surface area contributed by atoms with Crippen LogP contribution >= 0.6 is 0 Å². The lowest BCUT2D eigenvalue weighted by molar-refractivity contribution is 0.00606. The summed E-state index contributed by atoms with van der Waals surface area (Å²) in [6.07, 6.45) is 5.91. The molecule has 0 aliphatic heterocycles. The van der Waals surface area contributed by atoms with E-state index in [0.717, 1.165) is 35.3 Å². The zero-order valence-corrected chi connectivity index (χ0v) is 21.4. The van der Waals surface area contributed by atoms with Crippen molar-refractivity contribution in [2.24, 2.45) is 5.41 Å². The minimum Gasteiger partial charge on any atom is -0.410 e. The number of hydrogen-bond donors (Lipinski definition) is 1. The fraction of sp³-hybridized carbons (Fsp3) is 0.520. The quantitative estimate of drug-likeness (QED) is 0.450. The van der Waals surface area contributed by atoms with E-state index in [2.05, 4.69) is 72.5 Å². The summed E-state index contributed by atoms with van der Waals surface area (Å²) >= 11 is 0. The molecule has 4 rings (SSSR count). The number of nitrogens with zero attached hydrogens (tertiary/aromatic N) is 5. The van der Waals surface area contributed by atoms with Crippen LogP contribution < -0.4 is 5.73 Å². The standard InChI is InChI=1S/C25H32N6OSi/c1-17-29-19-10-9-18(15-20(19)31(17)22-28-16-27-21(26)30-22)11-14-25(12-7-8-13-25)24(5,6)32-33-23(2,3)4/h9-10,15-16H,7-8,12-13H2,1-6H3,(H2,26,27,28,30). The van der Waals surface area contributed by atoms with Crippen LogP contribution in [0.1, 0.15) is 71.7 Å². The molecule has 2 N–H and O–H groups in total. The van der Waals surface area contributed by atoms with E-state index >= 15 is 0 Å². The van der Waals surface area contributed by atoms with E-state index < -0.39 is 0 Å². The lowest BCUT2D eigenvalue weighted by Gasteiger charge is -2.42. The van der Waals surface area contributed by atoms with Gasteiger partial charge in [0.1, 0.15) is 12.2 Å². The van der Waals surface area contributed by atoms with Gasteiger partial charge in [-0.1, -0.05) is 45.5 Å². The van der Waals surface area contributed by atoms with Crippen molar-refractivity contribution in [3.63, 3.8) is 0 Å². The number of nitrogen functional groups attached to an aromatic ring is 1. The average molecular weight is 461 g/mol. The highest BCUT2D eigenvalue weighted by molar-refractivity contribution is 6.31. The van der Waals surface area contributed by atoms with Crippen LogP contribution in [-0.2, 0) is 4.43 Å². The van der Waals surface area contributed by atoms with Gasteiger partial charge < -0.3 is 10.2 Å². The Balaban J connectivity index is 1.72. The van der Waals surface area contributed by atoms with Crippen LogP contribution in [0.15, 0.2) is 24.5 Å². The van der Waals surface area contributed by atoms with Gasteiger partial charge >= 0.3 is 0 Å². The number of imidazole rings is 1. The van der Waals surface area contributed by atoms with Crippen molar-refractivity contribution in [2.75, 3.05) is 5.73 Å². The molecule has 2 aromatic heterocycles. The first kappa shape index (κ1) is 23.4. The normalized spacial score (nSPS) is 16.1. The molecule has 8 heteroatoms.